The molecule has 2 N–H and O–H groups in total. The molecule has 12 heavy (non-hydrogen) atoms. The van der Waals surface area contributed by atoms with Crippen LogP contribution in [0.25, 0.3) is 0 Å². The molecule has 3 nitrogen and oxygen atoms in total. The summed E-state index contributed by atoms with van der Waals surface area (Å²) in [5.41, 5.74) is 7.12. The summed E-state index contributed by atoms with van der Waals surface area (Å²) in [6, 6.07) is 0. The molecule has 4 heteroatoms. The Kier molecular flexibility index (Phi) is 1.36. The second kappa shape index (κ2) is 2.27. The van der Waals surface area contributed by atoms with Crippen LogP contribution in [0.4, 0.5) is 4.39 Å². The van der Waals surface area contributed by atoms with Crippen molar-refractivity contribution in [3.05, 3.63) is 23.7 Å². The summed E-state index contributed by atoms with van der Waals surface area (Å²) < 4.78 is 13.2. The van der Waals surface area contributed by atoms with Crippen molar-refractivity contribution in [3.63, 3.8) is 0 Å². The highest BCUT2D eigenvalue weighted by atomic mass is 19.1. The summed E-state index contributed by atoms with van der Waals surface area (Å²) in [6.45, 7) is 1.75. The van der Waals surface area contributed by atoms with Crippen LogP contribution in [0.15, 0.2) is 33.9 Å². The number of halogens is 1. The van der Waals surface area contributed by atoms with Gasteiger partial charge in [0, 0.05) is 5.70 Å². The van der Waals surface area contributed by atoms with E-state index in [9.17, 15) is 4.39 Å². The standard InChI is InChI=1S/C8H8FN3/c1-4-8-6(9)2-5(10)3-7(8)12-11-4/h2-3,8H,10H2,1H3/t8-/m1/s1. The first-order valence-corrected chi connectivity index (χ1v) is 3.65. The summed E-state index contributed by atoms with van der Waals surface area (Å²) in [4.78, 5) is 0. The number of fused-ring (bicyclic) bond motifs is 1. The van der Waals surface area contributed by atoms with Crippen LogP contribution in [0, 0.1) is 5.92 Å². The van der Waals surface area contributed by atoms with Gasteiger partial charge in [0.2, 0.25) is 0 Å². The average Bonchev–Trinajstić information content (AvgIpc) is 2.31. The molecular weight excluding hydrogens is 157 g/mol. The molecule has 0 fully saturated rings. The number of nitrogens with zero attached hydrogens (tertiary/aromatic N) is 2. The van der Waals surface area contributed by atoms with Crippen LogP contribution in [0.1, 0.15) is 6.92 Å². The lowest BCUT2D eigenvalue weighted by Crippen LogP contribution is -2.21. The van der Waals surface area contributed by atoms with E-state index in [1.54, 1.807) is 13.0 Å². The van der Waals surface area contributed by atoms with Crippen LogP contribution in [0.5, 0.6) is 0 Å². The minimum Gasteiger partial charge on any atom is -0.399 e. The maximum atomic E-state index is 13.2. The van der Waals surface area contributed by atoms with Gasteiger partial charge in [0.25, 0.3) is 0 Å². The Morgan fingerprint density at radius 3 is 2.92 bits per heavy atom. The van der Waals surface area contributed by atoms with E-state index in [1.807, 2.05) is 0 Å². The van der Waals surface area contributed by atoms with Gasteiger partial charge < -0.3 is 5.73 Å². The summed E-state index contributed by atoms with van der Waals surface area (Å²) in [7, 11) is 0. The molecule has 0 aromatic heterocycles. The van der Waals surface area contributed by atoms with Gasteiger partial charge >= 0.3 is 0 Å². The van der Waals surface area contributed by atoms with E-state index in [4.69, 9.17) is 5.73 Å². The van der Waals surface area contributed by atoms with Crippen molar-refractivity contribution >= 4 is 11.4 Å². The minimum atomic E-state index is -0.378. The number of hydrogen-bond donors (Lipinski definition) is 1. The van der Waals surface area contributed by atoms with Crippen molar-refractivity contribution < 1.29 is 4.39 Å². The Bertz CT molecular complexity index is 349. The summed E-state index contributed by atoms with van der Waals surface area (Å²) in [6.07, 6.45) is 2.96. The molecule has 0 saturated heterocycles. The lowest BCUT2D eigenvalue weighted by molar-refractivity contribution is 0.594. The van der Waals surface area contributed by atoms with Crippen LogP contribution in [-0.4, -0.2) is 11.4 Å². The third-order valence-electron chi connectivity index (χ3n) is 1.93. The zero-order valence-electron chi connectivity index (χ0n) is 6.58. The van der Waals surface area contributed by atoms with Gasteiger partial charge in [0.05, 0.1) is 17.3 Å². The Balaban J connectivity index is 2.45. The molecule has 1 heterocycles. The minimum absolute atomic E-state index is 0.271. The Morgan fingerprint density at radius 1 is 1.42 bits per heavy atom. The van der Waals surface area contributed by atoms with Gasteiger partial charge in [-0.05, 0) is 19.1 Å². The third kappa shape index (κ3) is 0.879. The predicted octanol–water partition coefficient (Wildman–Crippen LogP) is 1.14. The van der Waals surface area contributed by atoms with Crippen molar-refractivity contribution in [1.82, 2.24) is 0 Å². The van der Waals surface area contributed by atoms with E-state index in [1.165, 1.54) is 6.08 Å². The van der Waals surface area contributed by atoms with Crippen LogP contribution < -0.4 is 5.73 Å². The highest BCUT2D eigenvalue weighted by molar-refractivity contribution is 6.17. The van der Waals surface area contributed by atoms with E-state index in [0.29, 0.717) is 17.1 Å². The molecule has 0 bridgehead atoms. The van der Waals surface area contributed by atoms with E-state index in [-0.39, 0.29) is 11.7 Å². The van der Waals surface area contributed by atoms with E-state index in [2.05, 4.69) is 10.2 Å². The van der Waals surface area contributed by atoms with Gasteiger partial charge in [-0.2, -0.15) is 10.2 Å². The van der Waals surface area contributed by atoms with Gasteiger partial charge in [-0.3, -0.25) is 0 Å². The van der Waals surface area contributed by atoms with E-state index < -0.39 is 0 Å². The van der Waals surface area contributed by atoms with Crippen LogP contribution in [-0.2, 0) is 0 Å². The quantitative estimate of drug-likeness (QED) is 0.575. The summed E-state index contributed by atoms with van der Waals surface area (Å²) in [5, 5.41) is 7.60. The van der Waals surface area contributed by atoms with Gasteiger partial charge in [0.15, 0.2) is 0 Å². The lowest BCUT2D eigenvalue weighted by Gasteiger charge is -2.13. The molecule has 1 aliphatic heterocycles. The normalized spacial score (nSPS) is 27.0. The smallest absolute Gasteiger partial charge is 0.117 e. The molecular formula is C8H8FN3. The van der Waals surface area contributed by atoms with Crippen LogP contribution in [0.3, 0.4) is 0 Å². The molecule has 0 aromatic rings. The topological polar surface area (TPSA) is 50.7 Å². The second-order valence-electron chi connectivity index (χ2n) is 2.87. The zero-order valence-corrected chi connectivity index (χ0v) is 6.58. The fourth-order valence-electron chi connectivity index (χ4n) is 1.37. The summed E-state index contributed by atoms with van der Waals surface area (Å²) >= 11 is 0. The maximum Gasteiger partial charge on any atom is 0.117 e. The zero-order chi connectivity index (χ0) is 8.72. The van der Waals surface area contributed by atoms with Crippen molar-refractivity contribution in [2.75, 3.05) is 0 Å². The van der Waals surface area contributed by atoms with Crippen LogP contribution in [0.2, 0.25) is 0 Å². The van der Waals surface area contributed by atoms with Crippen molar-refractivity contribution in [1.29, 1.82) is 0 Å². The average molecular weight is 165 g/mol. The van der Waals surface area contributed by atoms with Crippen molar-refractivity contribution in [2.45, 2.75) is 6.92 Å². The first kappa shape index (κ1) is 7.21. The molecule has 0 spiro atoms. The number of rotatable bonds is 0. The van der Waals surface area contributed by atoms with Gasteiger partial charge in [-0.1, -0.05) is 0 Å². The highest BCUT2D eigenvalue weighted by Gasteiger charge is 2.29. The van der Waals surface area contributed by atoms with E-state index in [0.717, 1.165) is 0 Å². The summed E-state index contributed by atoms with van der Waals surface area (Å²) in [5.74, 6) is -0.648. The number of allylic oxidation sites excluding steroid dienone is 3. The number of nitrogens with two attached hydrogens (primary N) is 1. The second-order valence-corrected chi connectivity index (χ2v) is 2.87. The van der Waals surface area contributed by atoms with Gasteiger partial charge in [0.1, 0.15) is 5.83 Å². The monoisotopic (exact) mass is 165 g/mol. The molecule has 0 radical (unpaired) electrons. The Hall–Kier alpha value is -1.45. The molecule has 62 valence electrons. The first-order chi connectivity index (χ1) is 5.68. The molecule has 0 unspecified atom stereocenters. The molecule has 2 aliphatic rings. The Morgan fingerprint density at radius 2 is 2.17 bits per heavy atom. The molecule has 1 aliphatic carbocycles. The fourth-order valence-corrected chi connectivity index (χ4v) is 1.37. The van der Waals surface area contributed by atoms with Crippen LogP contribution >= 0.6 is 0 Å². The van der Waals surface area contributed by atoms with E-state index >= 15 is 0 Å². The van der Waals surface area contributed by atoms with Gasteiger partial charge in [-0.15, -0.1) is 0 Å². The molecule has 2 rings (SSSR count). The van der Waals surface area contributed by atoms with Gasteiger partial charge in [-0.25, -0.2) is 4.39 Å². The number of hydrogen-bond acceptors (Lipinski definition) is 3. The molecule has 0 saturated carbocycles. The lowest BCUT2D eigenvalue weighted by atomic mass is 9.93. The van der Waals surface area contributed by atoms with Crippen molar-refractivity contribution in [2.24, 2.45) is 21.9 Å². The SMILES string of the molecule is CC1=NN=C2C=C(N)C=C(F)[C@@H]12. The first-order valence-electron chi connectivity index (χ1n) is 3.65. The fraction of sp³-hybridized carbons (Fsp3) is 0.250. The predicted molar refractivity (Wildman–Crippen MR) is 45.5 cm³/mol. The molecule has 0 aromatic carbocycles. The highest BCUT2D eigenvalue weighted by Crippen LogP contribution is 2.26. The molecule has 0 amide bonds. The van der Waals surface area contributed by atoms with Crippen molar-refractivity contribution in [3.8, 4) is 0 Å². The maximum absolute atomic E-state index is 13.2. The Labute approximate surface area is 69.2 Å². The third-order valence-corrected chi connectivity index (χ3v) is 1.93. The molecule has 1 atom stereocenters. The largest absolute Gasteiger partial charge is 0.399 e.